The van der Waals surface area contributed by atoms with Crippen LogP contribution in [0.1, 0.15) is 10.4 Å². The minimum atomic E-state index is -1.21. The van der Waals surface area contributed by atoms with E-state index >= 15 is 0 Å². The van der Waals surface area contributed by atoms with Crippen LogP contribution < -0.4 is 10.5 Å². The van der Waals surface area contributed by atoms with Crippen molar-refractivity contribution in [3.05, 3.63) is 23.5 Å². The predicted octanol–water partition coefficient (Wildman–Crippen LogP) is 1.11. The molecule has 0 saturated carbocycles. The average molecular weight is 185 g/mol. The SMILES string of the molecule is COc1cc(C(=O)O)c(N)cc1F. The Labute approximate surface area is 73.7 Å². The van der Waals surface area contributed by atoms with E-state index in [1.807, 2.05) is 0 Å². The molecule has 1 aromatic carbocycles. The van der Waals surface area contributed by atoms with E-state index < -0.39 is 11.8 Å². The number of rotatable bonds is 2. The Morgan fingerprint density at radius 3 is 2.69 bits per heavy atom. The minimum Gasteiger partial charge on any atom is -0.494 e. The molecule has 0 aliphatic rings. The van der Waals surface area contributed by atoms with Gasteiger partial charge < -0.3 is 15.6 Å². The Morgan fingerprint density at radius 2 is 2.23 bits per heavy atom. The second-order valence-corrected chi connectivity index (χ2v) is 2.38. The van der Waals surface area contributed by atoms with Crippen LogP contribution in [0.25, 0.3) is 0 Å². The summed E-state index contributed by atoms with van der Waals surface area (Å²) in [6.45, 7) is 0. The maximum atomic E-state index is 12.9. The number of carboxylic acid groups (broad SMARTS) is 1. The number of ether oxygens (including phenoxy) is 1. The third kappa shape index (κ3) is 1.69. The van der Waals surface area contributed by atoms with Crippen LogP contribution in [0.5, 0.6) is 5.75 Å². The van der Waals surface area contributed by atoms with Crippen molar-refractivity contribution in [2.75, 3.05) is 12.8 Å². The van der Waals surface area contributed by atoms with Gasteiger partial charge in [-0.05, 0) is 6.07 Å². The molecule has 0 atom stereocenters. The number of carbonyl (C=O) groups is 1. The van der Waals surface area contributed by atoms with E-state index in [0.717, 1.165) is 12.1 Å². The average Bonchev–Trinajstić information content (AvgIpc) is 2.03. The number of hydrogen-bond acceptors (Lipinski definition) is 3. The number of carboxylic acids is 1. The molecule has 3 N–H and O–H groups in total. The Kier molecular flexibility index (Phi) is 2.36. The van der Waals surface area contributed by atoms with Gasteiger partial charge in [0.2, 0.25) is 0 Å². The minimum absolute atomic E-state index is 0.120. The normalized spacial score (nSPS) is 9.69. The summed E-state index contributed by atoms with van der Waals surface area (Å²) in [6.07, 6.45) is 0. The second kappa shape index (κ2) is 3.30. The molecule has 13 heavy (non-hydrogen) atoms. The van der Waals surface area contributed by atoms with Gasteiger partial charge in [-0.1, -0.05) is 0 Å². The first kappa shape index (κ1) is 9.31. The molecule has 0 fully saturated rings. The highest BCUT2D eigenvalue weighted by molar-refractivity contribution is 5.94. The number of nitrogen functional groups attached to an aromatic ring is 1. The number of halogens is 1. The van der Waals surface area contributed by atoms with Crippen molar-refractivity contribution in [2.45, 2.75) is 0 Å². The van der Waals surface area contributed by atoms with Crippen LogP contribution in [0.15, 0.2) is 12.1 Å². The molecule has 5 heteroatoms. The van der Waals surface area contributed by atoms with Crippen LogP contribution in [0.2, 0.25) is 0 Å². The lowest BCUT2D eigenvalue weighted by atomic mass is 10.1. The third-order valence-electron chi connectivity index (χ3n) is 1.55. The quantitative estimate of drug-likeness (QED) is 0.677. The molecular formula is C8H8FNO3. The fraction of sp³-hybridized carbons (Fsp3) is 0.125. The van der Waals surface area contributed by atoms with E-state index in [4.69, 9.17) is 10.8 Å². The van der Waals surface area contributed by atoms with Crippen molar-refractivity contribution in [3.63, 3.8) is 0 Å². The third-order valence-corrected chi connectivity index (χ3v) is 1.55. The van der Waals surface area contributed by atoms with Crippen molar-refractivity contribution in [1.82, 2.24) is 0 Å². The first-order valence-corrected chi connectivity index (χ1v) is 3.42. The molecule has 70 valence electrons. The molecule has 0 radical (unpaired) electrons. The molecule has 1 aromatic rings. The summed E-state index contributed by atoms with van der Waals surface area (Å²) in [5.41, 5.74) is 4.98. The zero-order valence-corrected chi connectivity index (χ0v) is 6.87. The van der Waals surface area contributed by atoms with Crippen LogP contribution in [-0.4, -0.2) is 18.2 Å². The number of nitrogens with two attached hydrogens (primary N) is 1. The topological polar surface area (TPSA) is 72.5 Å². The van der Waals surface area contributed by atoms with Crippen LogP contribution in [0.3, 0.4) is 0 Å². The predicted molar refractivity (Wildman–Crippen MR) is 44.3 cm³/mol. The molecule has 0 bridgehead atoms. The van der Waals surface area contributed by atoms with Gasteiger partial charge >= 0.3 is 5.97 Å². The van der Waals surface area contributed by atoms with E-state index in [1.165, 1.54) is 7.11 Å². The van der Waals surface area contributed by atoms with Gasteiger partial charge in [-0.25, -0.2) is 9.18 Å². The molecule has 0 aromatic heterocycles. The lowest BCUT2D eigenvalue weighted by Gasteiger charge is -2.05. The number of aromatic carboxylic acids is 1. The highest BCUT2D eigenvalue weighted by atomic mass is 19.1. The van der Waals surface area contributed by atoms with Gasteiger partial charge in [-0.2, -0.15) is 0 Å². The highest BCUT2D eigenvalue weighted by Gasteiger charge is 2.12. The summed E-state index contributed by atoms with van der Waals surface area (Å²) >= 11 is 0. The van der Waals surface area contributed by atoms with Crippen LogP contribution in [0.4, 0.5) is 10.1 Å². The van der Waals surface area contributed by atoms with Gasteiger partial charge in [-0.15, -0.1) is 0 Å². The summed E-state index contributed by atoms with van der Waals surface area (Å²) in [4.78, 5) is 10.5. The molecule has 0 heterocycles. The lowest BCUT2D eigenvalue weighted by molar-refractivity contribution is 0.0697. The molecule has 0 unspecified atom stereocenters. The molecule has 0 amide bonds. The van der Waals surface area contributed by atoms with Crippen molar-refractivity contribution >= 4 is 11.7 Å². The molecule has 0 saturated heterocycles. The molecule has 0 spiro atoms. The van der Waals surface area contributed by atoms with Gasteiger partial charge in [0.25, 0.3) is 0 Å². The van der Waals surface area contributed by atoms with Gasteiger partial charge in [0.05, 0.1) is 12.7 Å². The van der Waals surface area contributed by atoms with Crippen molar-refractivity contribution in [1.29, 1.82) is 0 Å². The maximum Gasteiger partial charge on any atom is 0.337 e. The summed E-state index contributed by atoms with van der Waals surface area (Å²) < 4.78 is 17.5. The zero-order chi connectivity index (χ0) is 10.0. The maximum absolute atomic E-state index is 12.9. The van der Waals surface area contributed by atoms with Gasteiger partial charge in [0, 0.05) is 11.8 Å². The summed E-state index contributed by atoms with van der Waals surface area (Å²) in [6, 6.07) is 1.97. The van der Waals surface area contributed by atoms with Crippen molar-refractivity contribution < 1.29 is 19.0 Å². The van der Waals surface area contributed by atoms with Gasteiger partial charge in [-0.3, -0.25) is 0 Å². The van der Waals surface area contributed by atoms with Gasteiger partial charge in [0.15, 0.2) is 11.6 Å². The smallest absolute Gasteiger partial charge is 0.337 e. The fourth-order valence-corrected chi connectivity index (χ4v) is 0.910. The molecule has 4 nitrogen and oxygen atoms in total. The van der Waals surface area contributed by atoms with Crippen molar-refractivity contribution in [2.24, 2.45) is 0 Å². The molecule has 0 aliphatic heterocycles. The monoisotopic (exact) mass is 185 g/mol. The zero-order valence-electron chi connectivity index (χ0n) is 6.87. The van der Waals surface area contributed by atoms with Crippen LogP contribution >= 0.6 is 0 Å². The first-order valence-electron chi connectivity index (χ1n) is 3.42. The van der Waals surface area contributed by atoms with E-state index in [1.54, 1.807) is 0 Å². The number of hydrogen-bond donors (Lipinski definition) is 2. The highest BCUT2D eigenvalue weighted by Crippen LogP contribution is 2.23. The van der Waals surface area contributed by atoms with E-state index in [0.29, 0.717) is 0 Å². The number of methoxy groups -OCH3 is 1. The number of benzene rings is 1. The Balaban J connectivity index is 3.30. The molecular weight excluding hydrogens is 177 g/mol. The number of anilines is 1. The van der Waals surface area contributed by atoms with E-state index in [2.05, 4.69) is 4.74 Å². The van der Waals surface area contributed by atoms with Gasteiger partial charge in [0.1, 0.15) is 0 Å². The Hall–Kier alpha value is -1.78. The van der Waals surface area contributed by atoms with Crippen molar-refractivity contribution in [3.8, 4) is 5.75 Å². The summed E-state index contributed by atoms with van der Waals surface area (Å²) in [7, 11) is 1.25. The summed E-state index contributed by atoms with van der Waals surface area (Å²) in [5.74, 6) is -2.02. The first-order chi connectivity index (χ1) is 6.06. The lowest BCUT2D eigenvalue weighted by Crippen LogP contribution is -2.04. The second-order valence-electron chi connectivity index (χ2n) is 2.38. The molecule has 1 rings (SSSR count). The van der Waals surface area contributed by atoms with E-state index in [9.17, 15) is 9.18 Å². The summed E-state index contributed by atoms with van der Waals surface area (Å²) in [5, 5.41) is 8.62. The standard InChI is InChI=1S/C8H8FNO3/c1-13-7-2-4(8(11)12)6(10)3-5(7)9/h2-3H,10H2,1H3,(H,11,12). The Morgan fingerprint density at radius 1 is 1.62 bits per heavy atom. The largest absolute Gasteiger partial charge is 0.494 e. The van der Waals surface area contributed by atoms with Crippen LogP contribution in [0, 0.1) is 5.82 Å². The molecule has 0 aliphatic carbocycles. The van der Waals surface area contributed by atoms with Crippen LogP contribution in [-0.2, 0) is 0 Å². The Bertz CT molecular complexity index is 351. The fourth-order valence-electron chi connectivity index (χ4n) is 0.910. The van der Waals surface area contributed by atoms with E-state index in [-0.39, 0.29) is 17.0 Å².